The summed E-state index contributed by atoms with van der Waals surface area (Å²) >= 11 is 0. The zero-order valence-corrected chi connectivity index (χ0v) is 24.7. The molecule has 3 aliphatic heterocycles. The second-order valence-electron chi connectivity index (χ2n) is 12.2. The number of ether oxygens (including phenoxy) is 1. The molecule has 1 aromatic heterocycles. The zero-order chi connectivity index (χ0) is 29.5. The van der Waals surface area contributed by atoms with Crippen molar-refractivity contribution >= 4 is 11.9 Å². The minimum Gasteiger partial charge on any atom is -0.378 e. The van der Waals surface area contributed by atoms with Crippen LogP contribution in [-0.4, -0.2) is 80.5 Å². The lowest BCUT2D eigenvalue weighted by atomic mass is 9.69. The number of hydrazine groups is 1. The third-order valence-electron chi connectivity index (χ3n) is 8.82. The Balaban J connectivity index is 1.69. The van der Waals surface area contributed by atoms with Gasteiger partial charge in [-0.1, -0.05) is 37.5 Å². The molecule has 9 nitrogen and oxygen atoms in total. The molecule has 3 aliphatic rings. The van der Waals surface area contributed by atoms with Crippen molar-refractivity contribution in [3.8, 4) is 0 Å². The number of rotatable bonds is 8. The molecule has 3 saturated heterocycles. The van der Waals surface area contributed by atoms with Gasteiger partial charge in [0.15, 0.2) is 0 Å². The lowest BCUT2D eigenvalue weighted by Crippen LogP contribution is -2.74. The fourth-order valence-electron chi connectivity index (χ4n) is 6.97. The standard InChI is InChI=1S/C31H46N8O/c1-11-30(12-2)22(5)25(32)23(6)31(13-3,14-4)39(30)36-24-19-28(7,8)38(29(9,10)20-24)27-34-21-33-26(35-27)37-15-17-40-18-16-37/h11-14,21,24-25,36H,1-6,15-20,32H2,7-10H3. The van der Waals surface area contributed by atoms with Crippen molar-refractivity contribution in [3.05, 3.63) is 81.3 Å². The maximum atomic E-state index is 6.62. The third kappa shape index (κ3) is 4.64. The fourth-order valence-corrected chi connectivity index (χ4v) is 6.97. The quantitative estimate of drug-likeness (QED) is 0.473. The maximum Gasteiger partial charge on any atom is 0.231 e. The van der Waals surface area contributed by atoms with E-state index in [1.807, 2.05) is 24.3 Å². The Morgan fingerprint density at radius 1 is 0.875 bits per heavy atom. The summed E-state index contributed by atoms with van der Waals surface area (Å²) in [4.78, 5) is 18.5. The Bertz CT molecular complexity index is 1120. The Labute approximate surface area is 239 Å². The molecule has 3 N–H and O–H groups in total. The average Bonchev–Trinajstić information content (AvgIpc) is 2.93. The molecule has 3 fully saturated rings. The van der Waals surface area contributed by atoms with Crippen molar-refractivity contribution in [1.82, 2.24) is 25.4 Å². The molecule has 0 spiro atoms. The first-order chi connectivity index (χ1) is 18.8. The number of aromatic nitrogens is 3. The van der Waals surface area contributed by atoms with Crippen molar-refractivity contribution < 1.29 is 4.74 Å². The van der Waals surface area contributed by atoms with Crippen LogP contribution in [0.25, 0.3) is 0 Å². The summed E-state index contributed by atoms with van der Waals surface area (Å²) in [5.41, 5.74) is 9.63. The minimum atomic E-state index is -0.852. The molecule has 4 heterocycles. The van der Waals surface area contributed by atoms with Gasteiger partial charge in [-0.15, -0.1) is 26.3 Å². The molecule has 40 heavy (non-hydrogen) atoms. The van der Waals surface area contributed by atoms with E-state index >= 15 is 0 Å². The van der Waals surface area contributed by atoms with E-state index in [9.17, 15) is 0 Å². The van der Waals surface area contributed by atoms with E-state index in [2.05, 4.69) is 97.4 Å². The predicted octanol–water partition coefficient (Wildman–Crippen LogP) is 3.72. The van der Waals surface area contributed by atoms with E-state index in [0.717, 1.165) is 37.1 Å². The molecule has 4 rings (SSSR count). The van der Waals surface area contributed by atoms with Gasteiger partial charge in [0, 0.05) is 30.2 Å². The molecule has 0 saturated carbocycles. The second kappa shape index (κ2) is 10.7. The van der Waals surface area contributed by atoms with Crippen LogP contribution in [-0.2, 0) is 4.74 Å². The van der Waals surface area contributed by atoms with Crippen molar-refractivity contribution in [2.45, 2.75) is 74.8 Å². The molecule has 1 aromatic rings. The zero-order valence-electron chi connectivity index (χ0n) is 24.7. The monoisotopic (exact) mass is 546 g/mol. The van der Waals surface area contributed by atoms with E-state index in [1.54, 1.807) is 6.33 Å². The van der Waals surface area contributed by atoms with E-state index < -0.39 is 17.1 Å². The van der Waals surface area contributed by atoms with Gasteiger partial charge in [-0.05, 0) is 51.7 Å². The Morgan fingerprint density at radius 3 is 1.82 bits per heavy atom. The first-order valence-corrected chi connectivity index (χ1v) is 13.9. The number of hydrogen-bond acceptors (Lipinski definition) is 9. The van der Waals surface area contributed by atoms with Gasteiger partial charge in [-0.2, -0.15) is 4.98 Å². The van der Waals surface area contributed by atoms with Crippen LogP contribution < -0.4 is 21.0 Å². The number of morpholine rings is 1. The minimum absolute atomic E-state index is 0.0512. The number of anilines is 2. The van der Waals surface area contributed by atoms with Crippen molar-refractivity contribution in [2.24, 2.45) is 5.73 Å². The topological polar surface area (TPSA) is 95.7 Å². The molecule has 9 heteroatoms. The molecular weight excluding hydrogens is 500 g/mol. The van der Waals surface area contributed by atoms with Crippen LogP contribution in [0.2, 0.25) is 0 Å². The lowest BCUT2D eigenvalue weighted by Gasteiger charge is -2.61. The third-order valence-corrected chi connectivity index (χ3v) is 8.82. The first-order valence-electron chi connectivity index (χ1n) is 13.9. The van der Waals surface area contributed by atoms with Gasteiger partial charge in [0.2, 0.25) is 11.9 Å². The van der Waals surface area contributed by atoms with E-state index in [1.165, 1.54) is 0 Å². The van der Waals surface area contributed by atoms with Gasteiger partial charge in [0.1, 0.15) is 6.33 Å². The highest BCUT2D eigenvalue weighted by Crippen LogP contribution is 2.47. The molecule has 216 valence electrons. The summed E-state index contributed by atoms with van der Waals surface area (Å²) in [5, 5.41) is 2.08. The summed E-state index contributed by atoms with van der Waals surface area (Å²) < 4.78 is 5.51. The summed E-state index contributed by atoms with van der Waals surface area (Å²) in [6.07, 6.45) is 10.5. The SMILES string of the molecule is C=CC1(C=C)C(=C)C(N)C(=C)C(C=C)(C=C)N1NC1CC(C)(C)N(c2ncnc(N3CCOCC3)n2)C(C)(C)C1. The molecule has 0 bridgehead atoms. The highest BCUT2D eigenvalue weighted by Gasteiger charge is 2.55. The maximum absolute atomic E-state index is 6.62. The summed E-state index contributed by atoms with van der Waals surface area (Å²) in [5.74, 6) is 1.36. The lowest BCUT2D eigenvalue weighted by molar-refractivity contribution is 0.00952. The van der Waals surface area contributed by atoms with Gasteiger partial charge in [0.25, 0.3) is 0 Å². The normalized spacial score (nSPS) is 24.9. The molecule has 0 atom stereocenters. The van der Waals surface area contributed by atoms with E-state index in [0.29, 0.717) is 25.1 Å². The van der Waals surface area contributed by atoms with E-state index in [4.69, 9.17) is 15.5 Å². The number of hydrogen-bond donors (Lipinski definition) is 2. The fraction of sp³-hybridized carbons (Fsp3) is 0.516. The highest BCUT2D eigenvalue weighted by molar-refractivity contribution is 5.54. The summed E-state index contributed by atoms with van der Waals surface area (Å²) in [7, 11) is 0. The largest absolute Gasteiger partial charge is 0.378 e. The van der Waals surface area contributed by atoms with Crippen LogP contribution >= 0.6 is 0 Å². The average molecular weight is 547 g/mol. The van der Waals surface area contributed by atoms with Crippen LogP contribution in [0.5, 0.6) is 0 Å². The van der Waals surface area contributed by atoms with Crippen molar-refractivity contribution in [3.63, 3.8) is 0 Å². The Morgan fingerprint density at radius 2 is 1.35 bits per heavy atom. The first kappa shape index (κ1) is 29.9. The van der Waals surface area contributed by atoms with Crippen LogP contribution in [0.15, 0.2) is 81.3 Å². The number of piperidine rings is 2. The van der Waals surface area contributed by atoms with Crippen LogP contribution in [0.3, 0.4) is 0 Å². The second-order valence-corrected chi connectivity index (χ2v) is 12.2. The Hall–Kier alpha value is -3.11. The molecule has 0 aliphatic carbocycles. The van der Waals surface area contributed by atoms with Gasteiger partial charge in [-0.25, -0.2) is 20.4 Å². The predicted molar refractivity (Wildman–Crippen MR) is 164 cm³/mol. The summed E-state index contributed by atoms with van der Waals surface area (Å²) in [6.45, 7) is 37.1. The highest BCUT2D eigenvalue weighted by atomic mass is 16.5. The van der Waals surface area contributed by atoms with Crippen LogP contribution in [0.4, 0.5) is 11.9 Å². The smallest absolute Gasteiger partial charge is 0.231 e. The molecular formula is C31H46N8O. The molecule has 0 radical (unpaired) electrons. The van der Waals surface area contributed by atoms with Crippen LogP contribution in [0.1, 0.15) is 40.5 Å². The molecule has 0 amide bonds. The van der Waals surface area contributed by atoms with E-state index in [-0.39, 0.29) is 17.1 Å². The molecule has 0 unspecified atom stereocenters. The Kier molecular flexibility index (Phi) is 7.99. The number of nitrogens with zero attached hydrogens (tertiary/aromatic N) is 6. The van der Waals surface area contributed by atoms with Gasteiger partial charge >= 0.3 is 0 Å². The van der Waals surface area contributed by atoms with Gasteiger partial charge in [0.05, 0.1) is 30.3 Å². The molecule has 0 aromatic carbocycles. The van der Waals surface area contributed by atoms with Gasteiger partial charge < -0.3 is 20.3 Å². The number of nitrogens with one attached hydrogen (secondary N) is 1. The van der Waals surface area contributed by atoms with Crippen LogP contribution in [0, 0.1) is 0 Å². The van der Waals surface area contributed by atoms with Crippen molar-refractivity contribution in [2.75, 3.05) is 36.1 Å². The number of nitrogens with two attached hydrogens (primary N) is 1. The summed E-state index contributed by atoms with van der Waals surface area (Å²) in [6, 6.07) is -0.431. The van der Waals surface area contributed by atoms with Gasteiger partial charge in [-0.3, -0.25) is 0 Å². The van der Waals surface area contributed by atoms with Crippen molar-refractivity contribution in [1.29, 1.82) is 0 Å².